The molecule has 3 aromatic rings. The summed E-state index contributed by atoms with van der Waals surface area (Å²) < 4.78 is 15.7. The maximum Gasteiger partial charge on any atom is 0.260 e. The number of furan rings is 1. The summed E-state index contributed by atoms with van der Waals surface area (Å²) in [6.07, 6.45) is 1.58. The Morgan fingerprint density at radius 1 is 1.20 bits per heavy atom. The molecule has 0 spiro atoms. The average molecular weight is 271 g/mol. The lowest BCUT2D eigenvalue weighted by molar-refractivity contribution is 0.413. The summed E-state index contributed by atoms with van der Waals surface area (Å²) in [5.41, 5.74) is 7.91. The van der Waals surface area contributed by atoms with Gasteiger partial charge in [0.2, 0.25) is 5.82 Å². The maximum absolute atomic E-state index is 5.93. The molecule has 0 saturated heterocycles. The van der Waals surface area contributed by atoms with E-state index in [2.05, 4.69) is 10.1 Å². The monoisotopic (exact) mass is 271 g/mol. The second-order valence-electron chi connectivity index (χ2n) is 4.27. The molecule has 6 nitrogen and oxygen atoms in total. The molecule has 2 heterocycles. The number of nitrogens with two attached hydrogens (primary N) is 1. The van der Waals surface area contributed by atoms with E-state index in [1.807, 2.05) is 6.92 Å². The van der Waals surface area contributed by atoms with Crippen molar-refractivity contribution >= 4 is 5.69 Å². The van der Waals surface area contributed by atoms with Crippen LogP contribution in [0.3, 0.4) is 0 Å². The van der Waals surface area contributed by atoms with E-state index in [0.29, 0.717) is 28.7 Å². The second-order valence-corrected chi connectivity index (χ2v) is 4.27. The molecular weight excluding hydrogens is 258 g/mol. The summed E-state index contributed by atoms with van der Waals surface area (Å²) in [5.74, 6) is 2.22. The predicted octanol–water partition coefficient (Wildman–Crippen LogP) is 2.90. The standard InChI is InChI=1S/C14H13N3O3/c1-8-10(5-6-19-8)13-16-14(20-17-13)11-7-9(18-2)3-4-12(11)15/h3-7H,15H2,1-2H3. The first kappa shape index (κ1) is 12.3. The molecule has 0 aliphatic rings. The molecule has 0 fully saturated rings. The number of nitrogens with zero attached hydrogens (tertiary/aromatic N) is 2. The van der Waals surface area contributed by atoms with Gasteiger partial charge in [-0.25, -0.2) is 0 Å². The SMILES string of the molecule is COc1ccc(N)c(-c2nc(-c3ccoc3C)no2)c1. The molecule has 0 aliphatic carbocycles. The zero-order valence-electron chi connectivity index (χ0n) is 11.1. The van der Waals surface area contributed by atoms with Gasteiger partial charge in [-0.3, -0.25) is 0 Å². The number of methoxy groups -OCH3 is 1. The third-order valence-electron chi connectivity index (χ3n) is 3.02. The van der Waals surface area contributed by atoms with E-state index in [1.165, 1.54) is 0 Å². The van der Waals surface area contributed by atoms with Crippen LogP contribution >= 0.6 is 0 Å². The molecule has 0 atom stereocenters. The Morgan fingerprint density at radius 2 is 2.05 bits per heavy atom. The molecule has 6 heteroatoms. The molecule has 0 aliphatic heterocycles. The number of ether oxygens (including phenoxy) is 1. The van der Waals surface area contributed by atoms with Gasteiger partial charge in [0.25, 0.3) is 5.89 Å². The van der Waals surface area contributed by atoms with E-state index < -0.39 is 0 Å². The van der Waals surface area contributed by atoms with Crippen molar-refractivity contribution in [1.82, 2.24) is 10.1 Å². The van der Waals surface area contributed by atoms with Crippen LogP contribution in [0.15, 0.2) is 39.5 Å². The molecule has 1 aromatic carbocycles. The van der Waals surface area contributed by atoms with Gasteiger partial charge in [-0.1, -0.05) is 5.16 Å². The van der Waals surface area contributed by atoms with Gasteiger partial charge in [0.15, 0.2) is 0 Å². The quantitative estimate of drug-likeness (QED) is 0.737. The van der Waals surface area contributed by atoms with E-state index in [1.54, 1.807) is 37.6 Å². The van der Waals surface area contributed by atoms with Gasteiger partial charge in [0.05, 0.1) is 24.5 Å². The highest BCUT2D eigenvalue weighted by Gasteiger charge is 2.16. The summed E-state index contributed by atoms with van der Waals surface area (Å²) in [6.45, 7) is 1.84. The highest BCUT2D eigenvalue weighted by molar-refractivity contribution is 5.73. The second kappa shape index (κ2) is 4.73. The summed E-state index contributed by atoms with van der Waals surface area (Å²) in [6, 6.07) is 7.06. The van der Waals surface area contributed by atoms with Crippen LogP contribution in [0.4, 0.5) is 5.69 Å². The van der Waals surface area contributed by atoms with E-state index in [4.69, 9.17) is 19.4 Å². The van der Waals surface area contributed by atoms with Crippen LogP contribution in [0.2, 0.25) is 0 Å². The fraction of sp³-hybridized carbons (Fsp3) is 0.143. The van der Waals surface area contributed by atoms with Gasteiger partial charge in [-0.2, -0.15) is 4.98 Å². The molecule has 0 unspecified atom stereocenters. The summed E-state index contributed by atoms with van der Waals surface area (Å²) in [4.78, 5) is 4.35. The Morgan fingerprint density at radius 3 is 2.75 bits per heavy atom. The minimum absolute atomic E-state index is 0.344. The molecular formula is C14H13N3O3. The van der Waals surface area contributed by atoms with Crippen molar-refractivity contribution in [3.8, 4) is 28.6 Å². The van der Waals surface area contributed by atoms with Crippen LogP contribution in [0.1, 0.15) is 5.76 Å². The largest absolute Gasteiger partial charge is 0.497 e. The van der Waals surface area contributed by atoms with Crippen LogP contribution < -0.4 is 10.5 Å². The van der Waals surface area contributed by atoms with Crippen LogP contribution in [0.5, 0.6) is 5.75 Å². The van der Waals surface area contributed by atoms with Crippen LogP contribution in [0, 0.1) is 6.92 Å². The average Bonchev–Trinajstić information content (AvgIpc) is 3.08. The Balaban J connectivity index is 2.04. The van der Waals surface area contributed by atoms with Gasteiger partial charge >= 0.3 is 0 Å². The molecule has 20 heavy (non-hydrogen) atoms. The highest BCUT2D eigenvalue weighted by Crippen LogP contribution is 2.30. The molecule has 102 valence electrons. The number of aromatic nitrogens is 2. The number of benzene rings is 1. The number of hydrogen-bond acceptors (Lipinski definition) is 6. The smallest absolute Gasteiger partial charge is 0.260 e. The zero-order chi connectivity index (χ0) is 14.1. The lowest BCUT2D eigenvalue weighted by Crippen LogP contribution is -1.92. The molecule has 2 aromatic heterocycles. The zero-order valence-corrected chi connectivity index (χ0v) is 11.1. The molecule has 0 amide bonds. The van der Waals surface area contributed by atoms with E-state index in [-0.39, 0.29) is 0 Å². The van der Waals surface area contributed by atoms with Crippen molar-refractivity contribution in [2.75, 3.05) is 12.8 Å². The van der Waals surface area contributed by atoms with Crippen molar-refractivity contribution in [3.05, 3.63) is 36.3 Å². The van der Waals surface area contributed by atoms with Crippen molar-refractivity contribution in [3.63, 3.8) is 0 Å². The lowest BCUT2D eigenvalue weighted by atomic mass is 10.1. The molecule has 0 radical (unpaired) electrons. The van der Waals surface area contributed by atoms with Gasteiger partial charge in [0, 0.05) is 5.69 Å². The van der Waals surface area contributed by atoms with Crippen LogP contribution in [-0.2, 0) is 0 Å². The topological polar surface area (TPSA) is 87.3 Å². The number of rotatable bonds is 3. The number of hydrogen-bond donors (Lipinski definition) is 1. The predicted molar refractivity (Wildman–Crippen MR) is 73.1 cm³/mol. The normalized spacial score (nSPS) is 10.7. The van der Waals surface area contributed by atoms with E-state index >= 15 is 0 Å². The highest BCUT2D eigenvalue weighted by atomic mass is 16.5. The van der Waals surface area contributed by atoms with Crippen molar-refractivity contribution in [1.29, 1.82) is 0 Å². The van der Waals surface area contributed by atoms with E-state index in [9.17, 15) is 0 Å². The number of aryl methyl sites for hydroxylation is 1. The van der Waals surface area contributed by atoms with Crippen molar-refractivity contribution < 1.29 is 13.7 Å². The molecule has 3 rings (SSSR count). The fourth-order valence-electron chi connectivity index (χ4n) is 1.91. The van der Waals surface area contributed by atoms with Crippen molar-refractivity contribution in [2.45, 2.75) is 6.92 Å². The number of nitrogen functional groups attached to an aromatic ring is 1. The maximum atomic E-state index is 5.93. The van der Waals surface area contributed by atoms with Gasteiger partial charge in [-0.05, 0) is 31.2 Å². The Bertz CT molecular complexity index is 746. The Hall–Kier alpha value is -2.76. The van der Waals surface area contributed by atoms with Crippen LogP contribution in [-0.4, -0.2) is 17.3 Å². The molecule has 0 saturated carbocycles. The van der Waals surface area contributed by atoms with E-state index in [0.717, 1.165) is 11.3 Å². The first-order valence-electron chi connectivity index (χ1n) is 6.01. The van der Waals surface area contributed by atoms with Crippen LogP contribution in [0.25, 0.3) is 22.8 Å². The third-order valence-corrected chi connectivity index (χ3v) is 3.02. The van der Waals surface area contributed by atoms with Gasteiger partial charge in [0.1, 0.15) is 11.5 Å². The first-order chi connectivity index (χ1) is 9.69. The first-order valence-corrected chi connectivity index (χ1v) is 6.01. The van der Waals surface area contributed by atoms with Gasteiger partial charge in [-0.15, -0.1) is 0 Å². The summed E-state index contributed by atoms with van der Waals surface area (Å²) in [7, 11) is 1.59. The number of anilines is 1. The molecule has 2 N–H and O–H groups in total. The Labute approximate surface area is 115 Å². The minimum Gasteiger partial charge on any atom is -0.497 e. The lowest BCUT2D eigenvalue weighted by Gasteiger charge is -2.03. The van der Waals surface area contributed by atoms with Crippen molar-refractivity contribution in [2.24, 2.45) is 0 Å². The minimum atomic E-state index is 0.344. The fourth-order valence-corrected chi connectivity index (χ4v) is 1.91. The third kappa shape index (κ3) is 2.01. The summed E-state index contributed by atoms with van der Waals surface area (Å²) in [5, 5.41) is 3.95. The van der Waals surface area contributed by atoms with Gasteiger partial charge < -0.3 is 19.4 Å². The summed E-state index contributed by atoms with van der Waals surface area (Å²) >= 11 is 0. The Kier molecular flexibility index (Phi) is 2.90. The molecule has 0 bridgehead atoms.